The highest BCUT2D eigenvalue weighted by atomic mass is 16.6. The van der Waals surface area contributed by atoms with Crippen molar-refractivity contribution in [2.45, 2.75) is 31.5 Å². The van der Waals surface area contributed by atoms with Crippen LogP contribution in [0, 0.1) is 0 Å². The minimum Gasteiger partial charge on any atom is -0.390 e. The molecular formula is C12H24O5. The molecule has 1 N–H and O–H groups in total. The number of rotatable bonds is 10. The lowest BCUT2D eigenvalue weighted by Crippen LogP contribution is -2.24. The van der Waals surface area contributed by atoms with Gasteiger partial charge in [-0.15, -0.1) is 0 Å². The largest absolute Gasteiger partial charge is 0.390 e. The van der Waals surface area contributed by atoms with Crippen molar-refractivity contribution in [3.05, 3.63) is 0 Å². The summed E-state index contributed by atoms with van der Waals surface area (Å²) in [6, 6.07) is 0. The molecule has 0 aromatic heterocycles. The van der Waals surface area contributed by atoms with Gasteiger partial charge < -0.3 is 24.1 Å². The maximum Gasteiger partial charge on any atom is 0.0835 e. The van der Waals surface area contributed by atoms with Crippen LogP contribution in [0.4, 0.5) is 0 Å². The topological polar surface area (TPSA) is 57.2 Å². The minimum atomic E-state index is -0.285. The Morgan fingerprint density at radius 1 is 0.941 bits per heavy atom. The maximum atomic E-state index is 9.51. The molecule has 0 amide bonds. The van der Waals surface area contributed by atoms with Crippen LogP contribution in [-0.4, -0.2) is 64.1 Å². The molecule has 102 valence electrons. The van der Waals surface area contributed by atoms with Crippen LogP contribution in [-0.2, 0) is 18.9 Å². The molecule has 1 fully saturated rings. The Labute approximate surface area is 103 Å². The summed E-state index contributed by atoms with van der Waals surface area (Å²) in [5.74, 6) is 0. The number of methoxy groups -OCH3 is 1. The molecule has 2 unspecified atom stereocenters. The fraction of sp³-hybridized carbons (Fsp3) is 1.00. The summed E-state index contributed by atoms with van der Waals surface area (Å²) in [4.78, 5) is 0. The molecule has 0 bridgehead atoms. The lowest BCUT2D eigenvalue weighted by atomic mass is 10.3. The van der Waals surface area contributed by atoms with Gasteiger partial charge >= 0.3 is 0 Å². The zero-order valence-electron chi connectivity index (χ0n) is 10.6. The second kappa shape index (κ2) is 9.79. The SMILES string of the molecule is COCCOCCOCCOC1CCCC1O. The van der Waals surface area contributed by atoms with E-state index in [1.165, 1.54) is 0 Å². The second-order valence-corrected chi connectivity index (χ2v) is 4.13. The monoisotopic (exact) mass is 248 g/mol. The minimum absolute atomic E-state index is 0.0107. The number of aliphatic hydroxyl groups is 1. The van der Waals surface area contributed by atoms with Crippen molar-refractivity contribution in [3.63, 3.8) is 0 Å². The first-order valence-electron chi connectivity index (χ1n) is 6.28. The van der Waals surface area contributed by atoms with Crippen molar-refractivity contribution in [1.29, 1.82) is 0 Å². The fourth-order valence-corrected chi connectivity index (χ4v) is 1.82. The van der Waals surface area contributed by atoms with Gasteiger partial charge in [-0.2, -0.15) is 0 Å². The van der Waals surface area contributed by atoms with Crippen molar-refractivity contribution in [2.24, 2.45) is 0 Å². The molecule has 0 radical (unpaired) electrons. The lowest BCUT2D eigenvalue weighted by Gasteiger charge is -2.15. The van der Waals surface area contributed by atoms with Crippen molar-refractivity contribution in [3.8, 4) is 0 Å². The van der Waals surface area contributed by atoms with E-state index < -0.39 is 0 Å². The van der Waals surface area contributed by atoms with Gasteiger partial charge in [0.15, 0.2) is 0 Å². The van der Waals surface area contributed by atoms with Gasteiger partial charge in [0.2, 0.25) is 0 Å². The van der Waals surface area contributed by atoms with Crippen LogP contribution < -0.4 is 0 Å². The van der Waals surface area contributed by atoms with Crippen LogP contribution in [0.15, 0.2) is 0 Å². The number of hydrogen-bond donors (Lipinski definition) is 1. The molecule has 1 rings (SSSR count). The van der Waals surface area contributed by atoms with E-state index in [2.05, 4.69) is 0 Å². The molecule has 1 aliphatic rings. The Kier molecular flexibility index (Phi) is 8.56. The lowest BCUT2D eigenvalue weighted by molar-refractivity contribution is -0.0480. The van der Waals surface area contributed by atoms with Gasteiger partial charge in [0.25, 0.3) is 0 Å². The van der Waals surface area contributed by atoms with Crippen LogP contribution >= 0.6 is 0 Å². The van der Waals surface area contributed by atoms with Crippen LogP contribution in [0.3, 0.4) is 0 Å². The summed E-state index contributed by atoms with van der Waals surface area (Å²) >= 11 is 0. The van der Waals surface area contributed by atoms with Gasteiger partial charge in [-0.25, -0.2) is 0 Å². The quantitative estimate of drug-likeness (QED) is 0.574. The average Bonchev–Trinajstić information content (AvgIpc) is 2.73. The normalized spacial score (nSPS) is 24.4. The van der Waals surface area contributed by atoms with E-state index in [9.17, 15) is 5.11 Å². The van der Waals surface area contributed by atoms with E-state index in [0.29, 0.717) is 39.6 Å². The molecule has 5 nitrogen and oxygen atoms in total. The Balaban J connectivity index is 1.78. The smallest absolute Gasteiger partial charge is 0.0835 e. The van der Waals surface area contributed by atoms with Crippen molar-refractivity contribution in [2.75, 3.05) is 46.8 Å². The highest BCUT2D eigenvalue weighted by Crippen LogP contribution is 2.21. The molecule has 0 heterocycles. The molecule has 5 heteroatoms. The first kappa shape index (κ1) is 14.9. The number of ether oxygens (including phenoxy) is 4. The maximum absolute atomic E-state index is 9.51. The zero-order valence-corrected chi connectivity index (χ0v) is 10.6. The van der Waals surface area contributed by atoms with Crippen molar-refractivity contribution < 1.29 is 24.1 Å². The molecule has 1 saturated carbocycles. The Morgan fingerprint density at radius 3 is 2.18 bits per heavy atom. The summed E-state index contributed by atoms with van der Waals surface area (Å²) < 4.78 is 20.9. The highest BCUT2D eigenvalue weighted by molar-refractivity contribution is 4.76. The third kappa shape index (κ3) is 6.95. The average molecular weight is 248 g/mol. The first-order chi connectivity index (χ1) is 8.34. The zero-order chi connectivity index (χ0) is 12.3. The predicted molar refractivity (Wildman–Crippen MR) is 63.1 cm³/mol. The fourth-order valence-electron chi connectivity index (χ4n) is 1.82. The van der Waals surface area contributed by atoms with E-state index in [4.69, 9.17) is 18.9 Å². The molecule has 2 atom stereocenters. The molecule has 17 heavy (non-hydrogen) atoms. The van der Waals surface area contributed by atoms with Crippen molar-refractivity contribution in [1.82, 2.24) is 0 Å². The Hall–Kier alpha value is -0.200. The first-order valence-corrected chi connectivity index (χ1v) is 6.28. The van der Waals surface area contributed by atoms with E-state index in [1.54, 1.807) is 7.11 Å². The van der Waals surface area contributed by atoms with Gasteiger partial charge in [0.1, 0.15) is 0 Å². The standard InChI is InChI=1S/C12H24O5/c1-14-5-6-15-7-8-16-9-10-17-12-4-2-3-11(12)13/h11-13H,2-10H2,1H3. The Bertz CT molecular complexity index is 176. The highest BCUT2D eigenvalue weighted by Gasteiger charge is 2.25. The summed E-state index contributed by atoms with van der Waals surface area (Å²) in [7, 11) is 1.65. The van der Waals surface area contributed by atoms with Gasteiger partial charge in [0, 0.05) is 7.11 Å². The molecular weight excluding hydrogens is 224 g/mol. The van der Waals surface area contributed by atoms with E-state index >= 15 is 0 Å². The van der Waals surface area contributed by atoms with Crippen LogP contribution in [0.2, 0.25) is 0 Å². The molecule has 0 aromatic rings. The van der Waals surface area contributed by atoms with Gasteiger partial charge in [-0.3, -0.25) is 0 Å². The van der Waals surface area contributed by atoms with Crippen LogP contribution in [0.5, 0.6) is 0 Å². The van der Waals surface area contributed by atoms with Crippen LogP contribution in [0.1, 0.15) is 19.3 Å². The van der Waals surface area contributed by atoms with E-state index in [-0.39, 0.29) is 12.2 Å². The molecule has 0 aliphatic heterocycles. The van der Waals surface area contributed by atoms with E-state index in [1.807, 2.05) is 0 Å². The molecule has 0 aromatic carbocycles. The summed E-state index contributed by atoms with van der Waals surface area (Å²) in [6.07, 6.45) is 2.60. The number of hydrogen-bond acceptors (Lipinski definition) is 5. The molecule has 0 saturated heterocycles. The summed E-state index contributed by atoms with van der Waals surface area (Å²) in [5.41, 5.74) is 0. The summed E-state index contributed by atoms with van der Waals surface area (Å²) in [6.45, 7) is 3.46. The summed E-state index contributed by atoms with van der Waals surface area (Å²) in [5, 5.41) is 9.51. The van der Waals surface area contributed by atoms with Crippen LogP contribution in [0.25, 0.3) is 0 Å². The van der Waals surface area contributed by atoms with Gasteiger partial charge in [0.05, 0.1) is 51.8 Å². The van der Waals surface area contributed by atoms with Gasteiger partial charge in [-0.1, -0.05) is 0 Å². The second-order valence-electron chi connectivity index (χ2n) is 4.13. The van der Waals surface area contributed by atoms with E-state index in [0.717, 1.165) is 19.3 Å². The van der Waals surface area contributed by atoms with Gasteiger partial charge in [-0.05, 0) is 19.3 Å². The third-order valence-electron chi connectivity index (χ3n) is 2.78. The Morgan fingerprint density at radius 2 is 1.59 bits per heavy atom. The third-order valence-corrected chi connectivity index (χ3v) is 2.78. The molecule has 1 aliphatic carbocycles. The predicted octanol–water partition coefficient (Wildman–Crippen LogP) is 0.596. The number of aliphatic hydroxyl groups excluding tert-OH is 1. The van der Waals surface area contributed by atoms with Crippen molar-refractivity contribution >= 4 is 0 Å². The molecule has 0 spiro atoms.